The van der Waals surface area contributed by atoms with Gasteiger partial charge in [0.25, 0.3) is 0 Å². The third kappa shape index (κ3) is 2.42. The smallest absolute Gasteiger partial charge is 0.245 e. The first-order valence-corrected chi connectivity index (χ1v) is 10.2. The first-order valence-electron chi connectivity index (χ1n) is 10.2. The predicted molar refractivity (Wildman–Crippen MR) is 113 cm³/mol. The second-order valence-electron chi connectivity index (χ2n) is 8.15. The fourth-order valence-electron chi connectivity index (χ4n) is 5.04. The van der Waals surface area contributed by atoms with Gasteiger partial charge in [-0.3, -0.25) is 14.5 Å². The van der Waals surface area contributed by atoms with Gasteiger partial charge in [-0.25, -0.2) is 8.78 Å². The van der Waals surface area contributed by atoms with Crippen molar-refractivity contribution >= 4 is 23.1 Å². The summed E-state index contributed by atoms with van der Waals surface area (Å²) in [6.07, 6.45) is 1.01. The van der Waals surface area contributed by atoms with Crippen LogP contribution in [0.2, 0.25) is 0 Å². The molecule has 2 aliphatic heterocycles. The highest BCUT2D eigenvalue weighted by Gasteiger charge is 2.60. The number of carbonyl (C=O) groups is 2. The molecule has 0 aromatic heterocycles. The van der Waals surface area contributed by atoms with Gasteiger partial charge in [-0.1, -0.05) is 17.7 Å². The number of rotatable bonds is 1. The first kappa shape index (κ1) is 19.9. The van der Waals surface area contributed by atoms with Gasteiger partial charge in [0.05, 0.1) is 11.3 Å². The zero-order chi connectivity index (χ0) is 22.8. The summed E-state index contributed by atoms with van der Waals surface area (Å²) in [6.45, 7) is 1.84. The van der Waals surface area contributed by atoms with E-state index in [1.54, 1.807) is 12.1 Å². The summed E-state index contributed by atoms with van der Waals surface area (Å²) in [4.78, 5) is 28.1. The lowest BCUT2D eigenvalue weighted by Gasteiger charge is -2.43. The molecule has 0 bridgehead atoms. The lowest BCUT2D eigenvalue weighted by Crippen LogP contribution is -2.51. The molecule has 0 saturated carbocycles. The molecule has 0 radical (unpaired) electrons. The zero-order valence-corrected chi connectivity index (χ0v) is 17.1. The number of hydrogen-bond donors (Lipinski definition) is 2. The highest BCUT2D eigenvalue weighted by atomic mass is 19.1. The number of hydrogen-bond acceptors (Lipinski definition) is 5. The third-order valence-corrected chi connectivity index (χ3v) is 6.33. The largest absolute Gasteiger partial charge is 0.384 e. The minimum atomic E-state index is -1.71. The molecule has 2 aromatic rings. The summed E-state index contributed by atoms with van der Waals surface area (Å²) < 4.78 is 28.4. The number of nitriles is 1. The van der Waals surface area contributed by atoms with Crippen LogP contribution < -0.4 is 16.0 Å². The van der Waals surface area contributed by atoms with Crippen molar-refractivity contribution in [2.45, 2.75) is 31.6 Å². The van der Waals surface area contributed by atoms with Crippen molar-refractivity contribution in [3.63, 3.8) is 0 Å². The van der Waals surface area contributed by atoms with E-state index in [2.05, 4.69) is 5.32 Å². The molecule has 1 aliphatic carbocycles. The molecular formula is C24H18F2N4O2. The van der Waals surface area contributed by atoms with Gasteiger partial charge in [-0.2, -0.15) is 5.26 Å². The van der Waals surface area contributed by atoms with Gasteiger partial charge in [0.15, 0.2) is 5.78 Å². The van der Waals surface area contributed by atoms with Gasteiger partial charge >= 0.3 is 0 Å². The molecule has 160 valence electrons. The van der Waals surface area contributed by atoms with E-state index in [9.17, 15) is 23.6 Å². The number of fused-ring (bicyclic) bond motifs is 3. The molecular weight excluding hydrogens is 414 g/mol. The standard InChI is InChI=1S/C24H18F2N4O2/c1-12-5-7-17-14(9-12)24(23(32)29-17)15(11-27)22(28)30(18-8-6-13(25)10-16(18)26)19-3-2-4-20(31)21(19)24/h5-10H,2-4,28H2,1H3,(H,29,32)/t24-/m0/s1. The lowest BCUT2D eigenvalue weighted by molar-refractivity contribution is -0.122. The molecule has 32 heavy (non-hydrogen) atoms. The van der Waals surface area contributed by atoms with Gasteiger partial charge in [0, 0.05) is 35.0 Å². The number of amides is 1. The Kier molecular flexibility index (Phi) is 4.21. The molecule has 5 rings (SSSR count). The molecule has 6 nitrogen and oxygen atoms in total. The fourth-order valence-corrected chi connectivity index (χ4v) is 5.04. The number of carbonyl (C=O) groups excluding carboxylic acids is 2. The van der Waals surface area contributed by atoms with Crippen molar-refractivity contribution in [2.75, 3.05) is 10.2 Å². The zero-order valence-electron chi connectivity index (χ0n) is 17.1. The van der Waals surface area contributed by atoms with E-state index in [1.165, 1.54) is 11.0 Å². The van der Waals surface area contributed by atoms with Crippen molar-refractivity contribution in [3.05, 3.63) is 81.8 Å². The Bertz CT molecular complexity index is 1340. The molecule has 2 heterocycles. The maximum atomic E-state index is 14.8. The summed E-state index contributed by atoms with van der Waals surface area (Å²) in [5.41, 5.74) is 6.77. The van der Waals surface area contributed by atoms with E-state index < -0.39 is 23.0 Å². The SMILES string of the molecule is Cc1ccc2c(c1)[C@]1(C(=O)N2)C(C#N)=C(N)N(c2ccc(F)cc2F)C2=C1C(=O)CCC2. The van der Waals surface area contributed by atoms with Gasteiger partial charge < -0.3 is 11.1 Å². The Labute approximate surface area is 182 Å². The predicted octanol–water partition coefficient (Wildman–Crippen LogP) is 3.68. The molecule has 1 atom stereocenters. The first-order chi connectivity index (χ1) is 15.3. The number of aryl methyl sites for hydroxylation is 1. The minimum Gasteiger partial charge on any atom is -0.384 e. The van der Waals surface area contributed by atoms with Crippen LogP contribution in [0.5, 0.6) is 0 Å². The highest BCUT2D eigenvalue weighted by Crippen LogP contribution is 2.55. The van der Waals surface area contributed by atoms with Crippen molar-refractivity contribution in [3.8, 4) is 6.07 Å². The number of nitrogens with two attached hydrogens (primary N) is 1. The lowest BCUT2D eigenvalue weighted by atomic mass is 9.63. The Morgan fingerprint density at radius 3 is 2.66 bits per heavy atom. The number of ketones is 1. The van der Waals surface area contributed by atoms with Gasteiger partial charge in [-0.05, 0) is 38.0 Å². The van der Waals surface area contributed by atoms with Crippen LogP contribution in [0.15, 0.2) is 59.1 Å². The van der Waals surface area contributed by atoms with Crippen LogP contribution in [-0.4, -0.2) is 11.7 Å². The van der Waals surface area contributed by atoms with Crippen molar-refractivity contribution in [2.24, 2.45) is 5.73 Å². The normalized spacial score (nSPS) is 22.1. The maximum absolute atomic E-state index is 14.8. The maximum Gasteiger partial charge on any atom is 0.245 e. The Morgan fingerprint density at radius 1 is 1.16 bits per heavy atom. The second-order valence-corrected chi connectivity index (χ2v) is 8.15. The Balaban J connectivity index is 1.90. The molecule has 8 heteroatoms. The van der Waals surface area contributed by atoms with E-state index in [-0.39, 0.29) is 34.9 Å². The highest BCUT2D eigenvalue weighted by molar-refractivity contribution is 6.19. The number of benzene rings is 2. The van der Waals surface area contributed by atoms with Crippen LogP contribution in [0, 0.1) is 29.9 Å². The van der Waals surface area contributed by atoms with E-state index in [0.29, 0.717) is 35.9 Å². The molecule has 3 N–H and O–H groups in total. The number of nitrogens with one attached hydrogen (secondary N) is 1. The monoisotopic (exact) mass is 432 g/mol. The van der Waals surface area contributed by atoms with Crippen LogP contribution in [-0.2, 0) is 15.0 Å². The molecule has 2 aromatic carbocycles. The van der Waals surface area contributed by atoms with Crippen LogP contribution in [0.4, 0.5) is 20.2 Å². The van der Waals surface area contributed by atoms with Crippen LogP contribution >= 0.6 is 0 Å². The minimum absolute atomic E-state index is 0.0865. The molecule has 0 unspecified atom stereocenters. The summed E-state index contributed by atoms with van der Waals surface area (Å²) in [7, 11) is 0. The Morgan fingerprint density at radius 2 is 1.94 bits per heavy atom. The van der Waals surface area contributed by atoms with Crippen molar-refractivity contribution in [1.29, 1.82) is 5.26 Å². The average molecular weight is 432 g/mol. The number of Topliss-reactive ketones (excluding diaryl/α,β-unsaturated/α-hetero) is 1. The number of nitrogens with zero attached hydrogens (tertiary/aromatic N) is 2. The average Bonchev–Trinajstić information content (AvgIpc) is 3.02. The summed E-state index contributed by atoms with van der Waals surface area (Å²) in [5.74, 6) is -2.66. The summed E-state index contributed by atoms with van der Waals surface area (Å²) in [5, 5.41) is 13.0. The second kappa shape index (κ2) is 6.76. The van der Waals surface area contributed by atoms with Crippen LogP contribution in [0.1, 0.15) is 30.4 Å². The molecule has 0 fully saturated rings. The van der Waals surface area contributed by atoms with Crippen molar-refractivity contribution in [1.82, 2.24) is 0 Å². The third-order valence-electron chi connectivity index (χ3n) is 6.33. The van der Waals surface area contributed by atoms with Gasteiger partial charge in [0.1, 0.15) is 28.9 Å². The topological polar surface area (TPSA) is 99.2 Å². The number of halogens is 2. The summed E-state index contributed by atoms with van der Waals surface area (Å²) in [6, 6.07) is 10.3. The van der Waals surface area contributed by atoms with Gasteiger partial charge in [-0.15, -0.1) is 0 Å². The summed E-state index contributed by atoms with van der Waals surface area (Å²) >= 11 is 0. The van der Waals surface area contributed by atoms with E-state index >= 15 is 0 Å². The molecule has 1 spiro atoms. The fraction of sp³-hybridized carbons (Fsp3) is 0.208. The Hall–Kier alpha value is -3.99. The van der Waals surface area contributed by atoms with Gasteiger partial charge in [0.2, 0.25) is 5.91 Å². The molecule has 3 aliphatic rings. The van der Waals surface area contributed by atoms with E-state index in [0.717, 1.165) is 11.6 Å². The molecule has 0 saturated heterocycles. The number of allylic oxidation sites excluding steroid dienone is 1. The molecule has 1 amide bonds. The van der Waals surface area contributed by atoms with E-state index in [1.807, 2.05) is 19.1 Å². The van der Waals surface area contributed by atoms with Crippen LogP contribution in [0.25, 0.3) is 0 Å². The number of anilines is 2. The van der Waals surface area contributed by atoms with Crippen LogP contribution in [0.3, 0.4) is 0 Å². The van der Waals surface area contributed by atoms with E-state index in [4.69, 9.17) is 5.73 Å². The van der Waals surface area contributed by atoms with Crippen molar-refractivity contribution < 1.29 is 18.4 Å². The quantitative estimate of drug-likeness (QED) is 0.716.